The number of halogens is 2. The highest BCUT2D eigenvalue weighted by Crippen LogP contribution is 2.37. The number of rotatable bonds is 1. The number of carboxylic acid groups (broad SMARTS) is 1. The Hall–Kier alpha value is -0.350. The summed E-state index contributed by atoms with van der Waals surface area (Å²) >= 11 is 0. The number of carbonyl (C=O) groups is 1. The highest BCUT2D eigenvalue weighted by molar-refractivity contribution is 5.85. The second-order valence-electron chi connectivity index (χ2n) is 3.59. The normalized spacial score (nSPS) is 32.6. The Kier molecular flexibility index (Phi) is 3.09. The third-order valence-electron chi connectivity index (χ3n) is 2.35. The van der Waals surface area contributed by atoms with Crippen molar-refractivity contribution in [3.8, 4) is 0 Å². The quantitative estimate of drug-likeness (QED) is 0.655. The lowest BCUT2D eigenvalue weighted by molar-refractivity contribution is -0.155. The lowest BCUT2D eigenvalue weighted by atomic mass is 9.79. The molecule has 0 saturated carbocycles. The van der Waals surface area contributed by atoms with Gasteiger partial charge in [0, 0.05) is 18.5 Å². The predicted molar refractivity (Wildman–Crippen MR) is 45.4 cm³/mol. The molecule has 72 valence electrons. The average molecular weight is 198 g/mol. The number of alkyl halides is 1. The molecule has 0 aromatic carbocycles. The van der Waals surface area contributed by atoms with Crippen molar-refractivity contribution in [3.63, 3.8) is 0 Å². The van der Waals surface area contributed by atoms with Crippen LogP contribution in [0.5, 0.6) is 0 Å². The van der Waals surface area contributed by atoms with Gasteiger partial charge in [-0.25, -0.2) is 9.18 Å². The molecule has 1 aliphatic rings. The number of aliphatic carboxylic acids is 1. The van der Waals surface area contributed by atoms with Crippen LogP contribution in [0.25, 0.3) is 0 Å². The van der Waals surface area contributed by atoms with Gasteiger partial charge in [0.1, 0.15) is 0 Å². The van der Waals surface area contributed by atoms with Crippen molar-refractivity contribution in [2.75, 3.05) is 13.1 Å². The Bertz CT molecular complexity index is 198. The van der Waals surface area contributed by atoms with Crippen molar-refractivity contribution in [3.05, 3.63) is 0 Å². The maximum Gasteiger partial charge on any atom is 0.343 e. The van der Waals surface area contributed by atoms with Gasteiger partial charge in [0.15, 0.2) is 0 Å². The van der Waals surface area contributed by atoms with Gasteiger partial charge in [-0.2, -0.15) is 0 Å². The molecular formula is C7H13ClFNO2. The largest absolute Gasteiger partial charge is 0.479 e. The molecular weight excluding hydrogens is 185 g/mol. The first-order valence-corrected chi connectivity index (χ1v) is 3.53. The number of hydrogen-bond acceptors (Lipinski definition) is 2. The molecule has 1 fully saturated rings. The SMILES string of the molecule is CC1(C)CNCC1(F)C(=O)O.Cl. The van der Waals surface area contributed by atoms with Crippen LogP contribution in [0, 0.1) is 5.41 Å². The molecule has 1 saturated heterocycles. The van der Waals surface area contributed by atoms with Gasteiger partial charge in [-0.05, 0) is 0 Å². The Labute approximate surface area is 76.7 Å². The zero-order chi connectivity index (χ0) is 8.70. The molecule has 1 heterocycles. The summed E-state index contributed by atoms with van der Waals surface area (Å²) in [5.41, 5.74) is -2.91. The molecule has 0 radical (unpaired) electrons. The minimum absolute atomic E-state index is 0. The van der Waals surface area contributed by atoms with Crippen molar-refractivity contribution in [2.45, 2.75) is 19.5 Å². The van der Waals surface area contributed by atoms with Gasteiger partial charge in [0.05, 0.1) is 0 Å². The van der Waals surface area contributed by atoms with Crippen LogP contribution in [0.15, 0.2) is 0 Å². The maximum atomic E-state index is 13.6. The number of carboxylic acids is 1. The van der Waals surface area contributed by atoms with Crippen LogP contribution in [-0.2, 0) is 4.79 Å². The molecule has 0 bridgehead atoms. The zero-order valence-electron chi connectivity index (χ0n) is 7.06. The Morgan fingerprint density at radius 1 is 1.50 bits per heavy atom. The summed E-state index contributed by atoms with van der Waals surface area (Å²) in [5.74, 6) is -1.37. The van der Waals surface area contributed by atoms with Gasteiger partial charge < -0.3 is 10.4 Å². The molecule has 0 amide bonds. The fraction of sp³-hybridized carbons (Fsp3) is 0.857. The van der Waals surface area contributed by atoms with Gasteiger partial charge in [0.25, 0.3) is 0 Å². The van der Waals surface area contributed by atoms with Gasteiger partial charge in [0.2, 0.25) is 5.67 Å². The van der Waals surface area contributed by atoms with Crippen molar-refractivity contribution < 1.29 is 14.3 Å². The van der Waals surface area contributed by atoms with E-state index in [1.54, 1.807) is 13.8 Å². The number of hydrogen-bond donors (Lipinski definition) is 2. The topological polar surface area (TPSA) is 49.3 Å². The van der Waals surface area contributed by atoms with E-state index in [1.165, 1.54) is 0 Å². The van der Waals surface area contributed by atoms with E-state index in [0.717, 1.165) is 0 Å². The van der Waals surface area contributed by atoms with Crippen LogP contribution >= 0.6 is 12.4 Å². The first-order chi connectivity index (χ1) is 4.90. The first-order valence-electron chi connectivity index (χ1n) is 3.53. The fourth-order valence-electron chi connectivity index (χ4n) is 1.29. The van der Waals surface area contributed by atoms with Crippen LogP contribution < -0.4 is 5.32 Å². The molecule has 2 N–H and O–H groups in total. The van der Waals surface area contributed by atoms with E-state index in [2.05, 4.69) is 5.32 Å². The highest BCUT2D eigenvalue weighted by atomic mass is 35.5. The summed E-state index contributed by atoms with van der Waals surface area (Å²) in [5, 5.41) is 11.3. The molecule has 0 aromatic rings. The van der Waals surface area contributed by atoms with Crippen LogP contribution in [-0.4, -0.2) is 29.8 Å². The van der Waals surface area contributed by atoms with Gasteiger partial charge >= 0.3 is 5.97 Å². The van der Waals surface area contributed by atoms with Crippen molar-refractivity contribution >= 4 is 18.4 Å². The van der Waals surface area contributed by atoms with Crippen LogP contribution in [0.3, 0.4) is 0 Å². The lowest BCUT2D eigenvalue weighted by Gasteiger charge is -2.28. The third-order valence-corrected chi connectivity index (χ3v) is 2.35. The summed E-state index contributed by atoms with van der Waals surface area (Å²) in [7, 11) is 0. The first kappa shape index (κ1) is 11.6. The minimum atomic E-state index is -2.10. The van der Waals surface area contributed by atoms with Gasteiger partial charge in [-0.15, -0.1) is 12.4 Å². The molecule has 0 spiro atoms. The molecule has 0 aliphatic carbocycles. The van der Waals surface area contributed by atoms with E-state index >= 15 is 0 Å². The molecule has 1 unspecified atom stereocenters. The summed E-state index contributed by atoms with van der Waals surface area (Å²) in [6.45, 7) is 3.55. The van der Waals surface area contributed by atoms with Crippen molar-refractivity contribution in [1.29, 1.82) is 0 Å². The predicted octanol–water partition coefficient (Wildman–Crippen LogP) is 0.831. The maximum absolute atomic E-state index is 13.6. The van der Waals surface area contributed by atoms with E-state index in [-0.39, 0.29) is 19.0 Å². The molecule has 3 nitrogen and oxygen atoms in total. The van der Waals surface area contributed by atoms with Crippen LogP contribution in [0.2, 0.25) is 0 Å². The standard InChI is InChI=1S/C7H12FNO2.ClH/c1-6(2)3-9-4-7(6,8)5(10)11;/h9H,3-4H2,1-2H3,(H,10,11);1H. The van der Waals surface area contributed by atoms with Crippen molar-refractivity contribution in [1.82, 2.24) is 5.32 Å². The van der Waals surface area contributed by atoms with E-state index in [0.29, 0.717) is 6.54 Å². The highest BCUT2D eigenvalue weighted by Gasteiger charge is 2.55. The molecule has 12 heavy (non-hydrogen) atoms. The summed E-state index contributed by atoms with van der Waals surface area (Å²) in [4.78, 5) is 10.5. The van der Waals surface area contributed by atoms with Crippen molar-refractivity contribution in [2.24, 2.45) is 5.41 Å². The zero-order valence-corrected chi connectivity index (χ0v) is 7.87. The Balaban J connectivity index is 0.00000121. The molecule has 0 aromatic heterocycles. The van der Waals surface area contributed by atoms with Gasteiger partial charge in [-0.3, -0.25) is 0 Å². The van der Waals surface area contributed by atoms with E-state index in [1.807, 2.05) is 0 Å². The molecule has 1 aliphatic heterocycles. The second kappa shape index (κ2) is 3.18. The van der Waals surface area contributed by atoms with Crippen LogP contribution in [0.1, 0.15) is 13.8 Å². The lowest BCUT2D eigenvalue weighted by Crippen LogP contribution is -2.46. The third kappa shape index (κ3) is 1.41. The smallest absolute Gasteiger partial charge is 0.343 e. The fourth-order valence-corrected chi connectivity index (χ4v) is 1.29. The van der Waals surface area contributed by atoms with E-state index in [4.69, 9.17) is 5.11 Å². The number of nitrogens with one attached hydrogen (secondary N) is 1. The summed E-state index contributed by atoms with van der Waals surface area (Å²) in [6.07, 6.45) is 0. The molecule has 5 heteroatoms. The van der Waals surface area contributed by atoms with Gasteiger partial charge in [-0.1, -0.05) is 13.8 Å². The van der Waals surface area contributed by atoms with E-state index < -0.39 is 17.1 Å². The van der Waals surface area contributed by atoms with E-state index in [9.17, 15) is 9.18 Å². The molecule has 1 rings (SSSR count). The second-order valence-corrected chi connectivity index (χ2v) is 3.59. The summed E-state index contributed by atoms with van der Waals surface area (Å²) < 4.78 is 13.6. The van der Waals surface area contributed by atoms with Crippen LogP contribution in [0.4, 0.5) is 4.39 Å². The Morgan fingerprint density at radius 3 is 2.17 bits per heavy atom. The Morgan fingerprint density at radius 2 is 2.00 bits per heavy atom. The monoisotopic (exact) mass is 197 g/mol. The molecule has 1 atom stereocenters. The average Bonchev–Trinajstić information content (AvgIpc) is 2.09. The summed E-state index contributed by atoms with van der Waals surface area (Å²) in [6, 6.07) is 0. The minimum Gasteiger partial charge on any atom is -0.479 e.